The average molecular weight is 281 g/mol. The van der Waals surface area contributed by atoms with Gasteiger partial charge in [0, 0.05) is 12.5 Å². The second-order valence-electron chi connectivity index (χ2n) is 4.29. The first kappa shape index (κ1) is 15.9. The van der Waals surface area contributed by atoms with Crippen LogP contribution in [-0.2, 0) is 11.2 Å². The molecule has 1 aromatic carbocycles. The van der Waals surface area contributed by atoms with Crippen molar-refractivity contribution < 1.29 is 14.5 Å². The Morgan fingerprint density at radius 2 is 2.20 bits per heavy atom. The lowest BCUT2D eigenvalue weighted by Crippen LogP contribution is -2.29. The van der Waals surface area contributed by atoms with E-state index in [1.165, 1.54) is 6.07 Å². The van der Waals surface area contributed by atoms with Gasteiger partial charge in [-0.25, -0.2) is 5.84 Å². The molecular weight excluding hydrogens is 262 g/mol. The zero-order chi connectivity index (χ0) is 15.0. The lowest BCUT2D eigenvalue weighted by atomic mass is 10.1. The molecule has 0 aliphatic heterocycles. The molecule has 110 valence electrons. The second-order valence-corrected chi connectivity index (χ2v) is 4.29. The number of rotatable bonds is 8. The Morgan fingerprint density at radius 1 is 1.45 bits per heavy atom. The Kier molecular flexibility index (Phi) is 6.45. The molecule has 0 atom stereocenters. The number of nitrogens with one attached hydrogen (secondary N) is 1. The van der Waals surface area contributed by atoms with Crippen LogP contribution in [-0.4, -0.2) is 17.4 Å². The molecular formula is C13H19N3O4. The smallest absolute Gasteiger partial charge is 0.311 e. The van der Waals surface area contributed by atoms with Gasteiger partial charge in [-0.2, -0.15) is 0 Å². The summed E-state index contributed by atoms with van der Waals surface area (Å²) in [6.07, 6.45) is 2.29. The Morgan fingerprint density at radius 3 is 2.80 bits per heavy atom. The van der Waals surface area contributed by atoms with E-state index in [0.29, 0.717) is 25.9 Å². The number of carbonyl (C=O) groups excluding carboxylic acids is 1. The quantitative estimate of drug-likeness (QED) is 0.248. The minimum absolute atomic E-state index is 0.0240. The number of nitrogens with two attached hydrogens (primary N) is 1. The second kappa shape index (κ2) is 8.11. The predicted octanol–water partition coefficient (Wildman–Crippen LogP) is 1.70. The molecule has 1 rings (SSSR count). The molecule has 0 fully saturated rings. The fourth-order valence-electron chi connectivity index (χ4n) is 1.69. The van der Waals surface area contributed by atoms with Crippen LogP contribution in [0, 0.1) is 10.1 Å². The van der Waals surface area contributed by atoms with Gasteiger partial charge in [-0.05, 0) is 30.9 Å². The molecule has 0 heterocycles. The molecule has 0 saturated heterocycles. The highest BCUT2D eigenvalue weighted by atomic mass is 16.6. The highest BCUT2D eigenvalue weighted by Gasteiger charge is 2.15. The van der Waals surface area contributed by atoms with Gasteiger partial charge in [0.2, 0.25) is 5.91 Å². The van der Waals surface area contributed by atoms with E-state index in [1.807, 2.05) is 18.4 Å². The summed E-state index contributed by atoms with van der Waals surface area (Å²) in [6.45, 7) is 2.26. The number of nitrogens with zero attached hydrogens (tertiary/aromatic N) is 1. The minimum Gasteiger partial charge on any atom is -0.487 e. The number of ether oxygens (including phenoxy) is 1. The summed E-state index contributed by atoms with van der Waals surface area (Å²) in [7, 11) is 0. The molecule has 0 bridgehead atoms. The van der Waals surface area contributed by atoms with Crippen molar-refractivity contribution in [2.75, 3.05) is 6.61 Å². The van der Waals surface area contributed by atoms with E-state index in [9.17, 15) is 14.9 Å². The molecule has 7 nitrogen and oxygen atoms in total. The van der Waals surface area contributed by atoms with Crippen LogP contribution in [0.5, 0.6) is 5.75 Å². The van der Waals surface area contributed by atoms with Crippen molar-refractivity contribution in [1.82, 2.24) is 5.43 Å². The van der Waals surface area contributed by atoms with Crippen LogP contribution in [0.4, 0.5) is 5.69 Å². The summed E-state index contributed by atoms with van der Waals surface area (Å²) in [6, 6.07) is 4.95. The molecule has 0 unspecified atom stereocenters. The fraction of sp³-hybridized carbons (Fsp3) is 0.462. The van der Waals surface area contributed by atoms with Gasteiger partial charge in [0.05, 0.1) is 11.5 Å². The van der Waals surface area contributed by atoms with E-state index in [-0.39, 0.29) is 17.3 Å². The summed E-state index contributed by atoms with van der Waals surface area (Å²) >= 11 is 0. The maximum atomic E-state index is 11.0. The van der Waals surface area contributed by atoms with Crippen molar-refractivity contribution in [3.8, 4) is 5.75 Å². The van der Waals surface area contributed by atoms with Crippen molar-refractivity contribution >= 4 is 11.6 Å². The van der Waals surface area contributed by atoms with Gasteiger partial charge in [0.15, 0.2) is 5.75 Å². The first-order valence-corrected chi connectivity index (χ1v) is 6.48. The van der Waals surface area contributed by atoms with Crippen LogP contribution in [0.15, 0.2) is 18.2 Å². The number of amides is 1. The summed E-state index contributed by atoms with van der Waals surface area (Å²) in [5.41, 5.74) is 2.91. The lowest BCUT2D eigenvalue weighted by molar-refractivity contribution is -0.385. The number of nitro groups is 1. The van der Waals surface area contributed by atoms with Gasteiger partial charge in [-0.1, -0.05) is 13.0 Å². The molecule has 7 heteroatoms. The van der Waals surface area contributed by atoms with E-state index in [0.717, 1.165) is 12.0 Å². The third kappa shape index (κ3) is 4.85. The van der Waals surface area contributed by atoms with Crippen molar-refractivity contribution in [2.24, 2.45) is 5.84 Å². The van der Waals surface area contributed by atoms with E-state index in [4.69, 9.17) is 10.6 Å². The molecule has 0 aliphatic carbocycles. The Hall–Kier alpha value is -2.15. The first-order chi connectivity index (χ1) is 9.58. The average Bonchev–Trinajstić information content (AvgIpc) is 2.46. The molecule has 0 aromatic heterocycles. The van der Waals surface area contributed by atoms with E-state index < -0.39 is 4.92 Å². The van der Waals surface area contributed by atoms with Gasteiger partial charge in [0.25, 0.3) is 0 Å². The van der Waals surface area contributed by atoms with Crippen LogP contribution in [0.2, 0.25) is 0 Å². The number of nitro benzene ring substituents is 1. The normalized spacial score (nSPS) is 10.1. The van der Waals surface area contributed by atoms with E-state index in [1.54, 1.807) is 6.07 Å². The van der Waals surface area contributed by atoms with E-state index >= 15 is 0 Å². The SMILES string of the molecule is CCc1ccc(OCCCCC(=O)NN)c([N+](=O)[O-])c1. The van der Waals surface area contributed by atoms with Crippen LogP contribution < -0.4 is 16.0 Å². The third-order valence-electron chi connectivity index (χ3n) is 2.85. The number of hydrogen-bond acceptors (Lipinski definition) is 5. The van der Waals surface area contributed by atoms with Crippen molar-refractivity contribution in [2.45, 2.75) is 32.6 Å². The predicted molar refractivity (Wildman–Crippen MR) is 74.2 cm³/mol. The van der Waals surface area contributed by atoms with Gasteiger partial charge in [0.1, 0.15) is 0 Å². The van der Waals surface area contributed by atoms with Crippen molar-refractivity contribution in [1.29, 1.82) is 0 Å². The Bertz CT molecular complexity index is 477. The number of hydrazine groups is 1. The largest absolute Gasteiger partial charge is 0.487 e. The van der Waals surface area contributed by atoms with E-state index in [2.05, 4.69) is 0 Å². The molecule has 1 aromatic rings. The third-order valence-corrected chi connectivity index (χ3v) is 2.85. The zero-order valence-electron chi connectivity index (χ0n) is 11.4. The number of aryl methyl sites for hydroxylation is 1. The van der Waals surface area contributed by atoms with Crippen LogP contribution >= 0.6 is 0 Å². The molecule has 3 N–H and O–H groups in total. The minimum atomic E-state index is -0.448. The Balaban J connectivity index is 2.51. The molecule has 0 radical (unpaired) electrons. The van der Waals surface area contributed by atoms with Crippen LogP contribution in [0.25, 0.3) is 0 Å². The number of benzene rings is 1. The van der Waals surface area contributed by atoms with Crippen molar-refractivity contribution in [3.63, 3.8) is 0 Å². The van der Waals surface area contributed by atoms with Gasteiger partial charge >= 0.3 is 5.69 Å². The monoisotopic (exact) mass is 281 g/mol. The zero-order valence-corrected chi connectivity index (χ0v) is 11.4. The summed E-state index contributed by atoms with van der Waals surface area (Å²) in [5.74, 6) is 4.98. The molecule has 0 spiro atoms. The standard InChI is InChI=1S/C13H19N3O4/c1-2-10-6-7-12(11(9-10)16(18)19)20-8-4-3-5-13(17)15-14/h6-7,9H,2-5,8,14H2,1H3,(H,15,17). The van der Waals surface area contributed by atoms with Gasteiger partial charge < -0.3 is 4.74 Å². The maximum Gasteiger partial charge on any atom is 0.311 e. The topological polar surface area (TPSA) is 107 Å². The fourth-order valence-corrected chi connectivity index (χ4v) is 1.69. The lowest BCUT2D eigenvalue weighted by Gasteiger charge is -2.07. The highest BCUT2D eigenvalue weighted by molar-refractivity contribution is 5.75. The van der Waals surface area contributed by atoms with Crippen LogP contribution in [0.1, 0.15) is 31.7 Å². The summed E-state index contributed by atoms with van der Waals surface area (Å²) in [4.78, 5) is 21.4. The molecule has 20 heavy (non-hydrogen) atoms. The maximum absolute atomic E-state index is 11.0. The summed E-state index contributed by atoms with van der Waals surface area (Å²) in [5, 5.41) is 11.0. The molecule has 0 aliphatic rings. The number of carbonyl (C=O) groups is 1. The summed E-state index contributed by atoms with van der Waals surface area (Å²) < 4.78 is 5.41. The van der Waals surface area contributed by atoms with Gasteiger partial charge in [-0.15, -0.1) is 0 Å². The first-order valence-electron chi connectivity index (χ1n) is 6.48. The van der Waals surface area contributed by atoms with Gasteiger partial charge in [-0.3, -0.25) is 20.3 Å². The highest BCUT2D eigenvalue weighted by Crippen LogP contribution is 2.28. The van der Waals surface area contributed by atoms with Crippen LogP contribution in [0.3, 0.4) is 0 Å². The molecule has 1 amide bonds. The number of hydrogen-bond donors (Lipinski definition) is 2. The molecule has 0 saturated carbocycles. The number of unbranched alkanes of at least 4 members (excludes halogenated alkanes) is 1. The Labute approximate surface area is 117 Å². The van der Waals surface area contributed by atoms with Crippen molar-refractivity contribution in [3.05, 3.63) is 33.9 Å².